The Morgan fingerprint density at radius 1 is 1.32 bits per heavy atom. The number of hydrogen-bond donors (Lipinski definition) is 1. The van der Waals surface area contributed by atoms with Gasteiger partial charge in [-0.2, -0.15) is 5.26 Å². The highest BCUT2D eigenvalue weighted by Gasteiger charge is 2.38. The van der Waals surface area contributed by atoms with E-state index in [-0.39, 0.29) is 5.54 Å². The smallest absolute Gasteiger partial charge is 0.108 e. The Hall–Kier alpha value is -0.590. The van der Waals surface area contributed by atoms with Crippen molar-refractivity contribution in [1.82, 2.24) is 10.2 Å². The van der Waals surface area contributed by atoms with Crippen molar-refractivity contribution in [2.24, 2.45) is 5.92 Å². The molecule has 0 aromatic carbocycles. The molecule has 2 unspecified atom stereocenters. The molecule has 1 saturated carbocycles. The summed E-state index contributed by atoms with van der Waals surface area (Å²) in [6.07, 6.45) is 8.31. The van der Waals surface area contributed by atoms with Gasteiger partial charge in [-0.3, -0.25) is 5.32 Å². The number of nitrogens with zero attached hydrogens (tertiary/aromatic N) is 2. The van der Waals surface area contributed by atoms with Crippen LogP contribution in [0.3, 0.4) is 0 Å². The van der Waals surface area contributed by atoms with Gasteiger partial charge in [0.05, 0.1) is 6.07 Å². The van der Waals surface area contributed by atoms with E-state index in [4.69, 9.17) is 0 Å². The fourth-order valence-corrected chi connectivity index (χ4v) is 3.62. The minimum Gasteiger partial charge on any atom is -0.300 e. The molecule has 0 aromatic rings. The van der Waals surface area contributed by atoms with E-state index in [0.29, 0.717) is 6.04 Å². The molecule has 1 aliphatic carbocycles. The highest BCUT2D eigenvalue weighted by Crippen LogP contribution is 2.32. The lowest BCUT2D eigenvalue weighted by molar-refractivity contribution is 0.0867. The number of hydrogen-bond acceptors (Lipinski definition) is 3. The maximum absolute atomic E-state index is 9.60. The van der Waals surface area contributed by atoms with Crippen LogP contribution in [0.1, 0.15) is 58.8 Å². The lowest BCUT2D eigenvalue weighted by Crippen LogP contribution is -2.54. The second kappa shape index (κ2) is 6.72. The van der Waals surface area contributed by atoms with Crippen molar-refractivity contribution in [3.05, 3.63) is 0 Å². The van der Waals surface area contributed by atoms with Crippen molar-refractivity contribution in [3.63, 3.8) is 0 Å². The molecule has 3 heteroatoms. The zero-order valence-corrected chi connectivity index (χ0v) is 12.6. The Bertz CT molecular complexity index is 314. The third-order valence-electron chi connectivity index (χ3n) is 4.99. The van der Waals surface area contributed by atoms with Gasteiger partial charge in [0, 0.05) is 6.04 Å². The zero-order chi connectivity index (χ0) is 13.7. The van der Waals surface area contributed by atoms with Crippen LogP contribution in [0.5, 0.6) is 0 Å². The van der Waals surface area contributed by atoms with Crippen molar-refractivity contribution in [2.45, 2.75) is 70.4 Å². The fourth-order valence-electron chi connectivity index (χ4n) is 3.62. The van der Waals surface area contributed by atoms with Crippen molar-refractivity contribution in [3.8, 4) is 6.07 Å². The van der Waals surface area contributed by atoms with Gasteiger partial charge in [0.25, 0.3) is 0 Å². The maximum Gasteiger partial charge on any atom is 0.108 e. The molecule has 2 aliphatic rings. The average molecular weight is 263 g/mol. The van der Waals surface area contributed by atoms with Crippen LogP contribution < -0.4 is 5.32 Å². The quantitative estimate of drug-likeness (QED) is 0.847. The van der Waals surface area contributed by atoms with Gasteiger partial charge in [-0.1, -0.05) is 13.8 Å². The molecule has 1 aliphatic heterocycles. The van der Waals surface area contributed by atoms with E-state index in [1.54, 1.807) is 0 Å². The second-order valence-corrected chi connectivity index (χ2v) is 6.59. The topological polar surface area (TPSA) is 39.1 Å². The molecule has 1 N–H and O–H groups in total. The van der Waals surface area contributed by atoms with Crippen molar-refractivity contribution < 1.29 is 0 Å². The number of nitriles is 1. The molecule has 19 heavy (non-hydrogen) atoms. The Balaban J connectivity index is 1.94. The molecule has 108 valence electrons. The van der Waals surface area contributed by atoms with Gasteiger partial charge in [-0.25, -0.2) is 0 Å². The zero-order valence-electron chi connectivity index (χ0n) is 12.6. The van der Waals surface area contributed by atoms with E-state index in [2.05, 4.69) is 30.1 Å². The molecular formula is C16H29N3. The lowest BCUT2D eigenvalue weighted by Gasteiger charge is -2.44. The molecule has 0 amide bonds. The van der Waals surface area contributed by atoms with Crippen molar-refractivity contribution in [2.75, 3.05) is 19.6 Å². The van der Waals surface area contributed by atoms with E-state index in [9.17, 15) is 5.26 Å². The number of piperidine rings is 1. The van der Waals surface area contributed by atoms with Crippen LogP contribution in [0, 0.1) is 17.2 Å². The number of nitrogens with one attached hydrogen (secondary N) is 1. The number of likely N-dealkylation sites (tertiary alicyclic amines) is 1. The summed E-state index contributed by atoms with van der Waals surface area (Å²) in [6.45, 7) is 7.98. The third kappa shape index (κ3) is 3.70. The van der Waals surface area contributed by atoms with Gasteiger partial charge in [0.15, 0.2) is 0 Å². The molecule has 1 heterocycles. The molecule has 2 rings (SSSR count). The normalized spacial score (nSPS) is 34.1. The average Bonchev–Trinajstić information content (AvgIpc) is 2.46. The Kier molecular flexibility index (Phi) is 5.24. The first-order valence-electron chi connectivity index (χ1n) is 8.09. The molecule has 0 radical (unpaired) electrons. The largest absolute Gasteiger partial charge is 0.300 e. The summed E-state index contributed by atoms with van der Waals surface area (Å²) >= 11 is 0. The molecular weight excluding hydrogens is 234 g/mol. The lowest BCUT2D eigenvalue weighted by atomic mass is 9.78. The van der Waals surface area contributed by atoms with E-state index >= 15 is 0 Å². The van der Waals surface area contributed by atoms with Gasteiger partial charge < -0.3 is 4.90 Å². The van der Waals surface area contributed by atoms with E-state index < -0.39 is 0 Å². The van der Waals surface area contributed by atoms with Crippen LogP contribution in [0.4, 0.5) is 0 Å². The predicted octanol–water partition coefficient (Wildman–Crippen LogP) is 2.92. The first-order chi connectivity index (χ1) is 9.19. The summed E-state index contributed by atoms with van der Waals surface area (Å²) in [5.41, 5.74) is -0.248. The van der Waals surface area contributed by atoms with Crippen LogP contribution in [0.15, 0.2) is 0 Å². The van der Waals surface area contributed by atoms with Crippen LogP contribution in [0.2, 0.25) is 0 Å². The Morgan fingerprint density at radius 2 is 2.05 bits per heavy atom. The highest BCUT2D eigenvalue weighted by atomic mass is 15.2. The Morgan fingerprint density at radius 3 is 2.68 bits per heavy atom. The third-order valence-corrected chi connectivity index (χ3v) is 4.99. The van der Waals surface area contributed by atoms with E-state index in [0.717, 1.165) is 31.7 Å². The van der Waals surface area contributed by atoms with Gasteiger partial charge >= 0.3 is 0 Å². The summed E-state index contributed by atoms with van der Waals surface area (Å²) in [4.78, 5) is 2.65. The summed E-state index contributed by atoms with van der Waals surface area (Å²) in [5.74, 6) is 0.888. The monoisotopic (exact) mass is 263 g/mol. The molecule has 3 nitrogen and oxygen atoms in total. The minimum atomic E-state index is -0.248. The summed E-state index contributed by atoms with van der Waals surface area (Å²) in [7, 11) is 0. The SMILES string of the molecule is CCCNC1(C#N)CCCC(N2CCC(C)CC2)C1. The van der Waals surface area contributed by atoms with Crippen molar-refractivity contribution >= 4 is 0 Å². The molecule has 0 bridgehead atoms. The molecule has 2 fully saturated rings. The minimum absolute atomic E-state index is 0.248. The summed E-state index contributed by atoms with van der Waals surface area (Å²) in [6, 6.07) is 3.22. The molecule has 0 spiro atoms. The fraction of sp³-hybridized carbons (Fsp3) is 0.938. The molecule has 0 aromatic heterocycles. The van der Waals surface area contributed by atoms with Crippen LogP contribution >= 0.6 is 0 Å². The Labute approximate surface area is 118 Å². The molecule has 2 atom stereocenters. The maximum atomic E-state index is 9.60. The highest BCUT2D eigenvalue weighted by molar-refractivity contribution is 5.11. The van der Waals surface area contributed by atoms with E-state index in [1.807, 2.05) is 0 Å². The molecule has 1 saturated heterocycles. The van der Waals surface area contributed by atoms with Crippen LogP contribution in [0.25, 0.3) is 0 Å². The van der Waals surface area contributed by atoms with E-state index in [1.165, 1.54) is 38.8 Å². The van der Waals surface area contributed by atoms with Gasteiger partial charge in [0.1, 0.15) is 5.54 Å². The summed E-state index contributed by atoms with van der Waals surface area (Å²) in [5, 5.41) is 13.1. The summed E-state index contributed by atoms with van der Waals surface area (Å²) < 4.78 is 0. The van der Waals surface area contributed by atoms with Gasteiger partial charge in [0.2, 0.25) is 0 Å². The van der Waals surface area contributed by atoms with Gasteiger partial charge in [-0.15, -0.1) is 0 Å². The van der Waals surface area contributed by atoms with Crippen molar-refractivity contribution in [1.29, 1.82) is 5.26 Å². The second-order valence-electron chi connectivity index (χ2n) is 6.59. The first-order valence-corrected chi connectivity index (χ1v) is 8.09. The van der Waals surface area contributed by atoms with Crippen LogP contribution in [-0.2, 0) is 0 Å². The number of rotatable bonds is 4. The van der Waals surface area contributed by atoms with Crippen LogP contribution in [-0.4, -0.2) is 36.1 Å². The standard InChI is InChI=1S/C16H29N3/c1-3-9-18-16(13-17)8-4-5-15(12-16)19-10-6-14(2)7-11-19/h14-15,18H,3-12H2,1-2H3. The first kappa shape index (κ1) is 14.8. The van der Waals surface area contributed by atoms with Gasteiger partial charge in [-0.05, 0) is 70.5 Å². The predicted molar refractivity (Wildman–Crippen MR) is 78.9 cm³/mol.